The molecule has 3 aromatic rings. The van der Waals surface area contributed by atoms with Gasteiger partial charge < -0.3 is 0 Å². The highest BCUT2D eigenvalue weighted by Crippen LogP contribution is 2.32. The zero-order valence-corrected chi connectivity index (χ0v) is 13.7. The summed E-state index contributed by atoms with van der Waals surface area (Å²) in [5.74, 6) is 0. The summed E-state index contributed by atoms with van der Waals surface area (Å²) in [5, 5.41) is 2.10. The standard InChI is InChI=1S/C16H19N5S/c1-11-8-17-9-13(18-11)14-4-3-5-20(14)10-15-12(2)19-16-21(15)6-7-22-16/h6-9,14H,3-5,10H2,1-2H3/t14-/m0/s1. The number of fused-ring (bicyclic) bond motifs is 1. The van der Waals surface area contributed by atoms with Gasteiger partial charge in [0.15, 0.2) is 4.96 Å². The number of imidazole rings is 1. The van der Waals surface area contributed by atoms with Crippen LogP contribution in [0.2, 0.25) is 0 Å². The van der Waals surface area contributed by atoms with E-state index in [-0.39, 0.29) is 0 Å². The van der Waals surface area contributed by atoms with Crippen LogP contribution >= 0.6 is 11.3 Å². The van der Waals surface area contributed by atoms with E-state index in [1.807, 2.05) is 19.3 Å². The molecule has 0 unspecified atom stereocenters. The Balaban J connectivity index is 1.64. The van der Waals surface area contributed by atoms with Gasteiger partial charge in [0.2, 0.25) is 0 Å². The summed E-state index contributed by atoms with van der Waals surface area (Å²) in [7, 11) is 0. The molecule has 1 aliphatic rings. The zero-order chi connectivity index (χ0) is 15.1. The number of rotatable bonds is 3. The number of hydrogen-bond acceptors (Lipinski definition) is 5. The summed E-state index contributed by atoms with van der Waals surface area (Å²) in [6.07, 6.45) is 8.22. The third-order valence-corrected chi connectivity index (χ3v) is 5.15. The maximum absolute atomic E-state index is 4.68. The van der Waals surface area contributed by atoms with E-state index >= 15 is 0 Å². The van der Waals surface area contributed by atoms with Gasteiger partial charge in [0.25, 0.3) is 0 Å². The molecule has 1 aliphatic heterocycles. The van der Waals surface area contributed by atoms with E-state index in [9.17, 15) is 0 Å². The van der Waals surface area contributed by atoms with Crippen molar-refractivity contribution in [3.8, 4) is 0 Å². The molecule has 0 bridgehead atoms. The van der Waals surface area contributed by atoms with E-state index < -0.39 is 0 Å². The van der Waals surface area contributed by atoms with Crippen LogP contribution in [0.25, 0.3) is 4.96 Å². The summed E-state index contributed by atoms with van der Waals surface area (Å²) in [5.41, 5.74) is 4.52. The van der Waals surface area contributed by atoms with Crippen molar-refractivity contribution < 1.29 is 0 Å². The fraction of sp³-hybridized carbons (Fsp3) is 0.438. The van der Waals surface area contributed by atoms with Crippen molar-refractivity contribution in [3.05, 3.63) is 46.7 Å². The molecule has 4 rings (SSSR count). The van der Waals surface area contributed by atoms with E-state index in [0.29, 0.717) is 6.04 Å². The van der Waals surface area contributed by atoms with Crippen LogP contribution in [0.5, 0.6) is 0 Å². The van der Waals surface area contributed by atoms with Crippen LogP contribution in [0.15, 0.2) is 24.0 Å². The molecule has 114 valence electrons. The molecule has 0 amide bonds. The van der Waals surface area contributed by atoms with Crippen molar-refractivity contribution in [3.63, 3.8) is 0 Å². The van der Waals surface area contributed by atoms with Crippen molar-refractivity contribution in [2.24, 2.45) is 0 Å². The van der Waals surface area contributed by atoms with Crippen LogP contribution in [0.1, 0.15) is 41.7 Å². The molecule has 0 aromatic carbocycles. The molecular weight excluding hydrogens is 294 g/mol. The lowest BCUT2D eigenvalue weighted by Gasteiger charge is -2.24. The van der Waals surface area contributed by atoms with E-state index in [1.165, 1.54) is 12.1 Å². The van der Waals surface area contributed by atoms with E-state index in [1.54, 1.807) is 11.3 Å². The first-order chi connectivity index (χ1) is 10.7. The summed E-state index contributed by atoms with van der Waals surface area (Å²) >= 11 is 1.69. The normalized spacial score (nSPS) is 19.3. The first-order valence-electron chi connectivity index (χ1n) is 7.66. The average molecular weight is 313 g/mol. The molecule has 1 atom stereocenters. The summed E-state index contributed by atoms with van der Waals surface area (Å²) < 4.78 is 2.22. The van der Waals surface area contributed by atoms with Gasteiger partial charge in [-0.1, -0.05) is 0 Å². The van der Waals surface area contributed by atoms with Crippen LogP contribution in [-0.4, -0.2) is 30.8 Å². The minimum absolute atomic E-state index is 0.371. The maximum Gasteiger partial charge on any atom is 0.194 e. The second-order valence-corrected chi connectivity index (χ2v) is 6.79. The Morgan fingerprint density at radius 3 is 3.05 bits per heavy atom. The lowest BCUT2D eigenvalue weighted by molar-refractivity contribution is 0.240. The quantitative estimate of drug-likeness (QED) is 0.745. The lowest BCUT2D eigenvalue weighted by Crippen LogP contribution is -2.24. The van der Waals surface area contributed by atoms with Gasteiger partial charge in [-0.3, -0.25) is 19.3 Å². The second-order valence-electron chi connectivity index (χ2n) is 5.91. The molecule has 0 saturated carbocycles. The Morgan fingerprint density at radius 2 is 2.18 bits per heavy atom. The first kappa shape index (κ1) is 13.8. The minimum Gasteiger partial charge on any atom is -0.293 e. The summed E-state index contributed by atoms with van der Waals surface area (Å²) in [6, 6.07) is 0.371. The number of hydrogen-bond donors (Lipinski definition) is 0. The number of aryl methyl sites for hydroxylation is 2. The molecule has 6 heteroatoms. The monoisotopic (exact) mass is 313 g/mol. The highest BCUT2D eigenvalue weighted by molar-refractivity contribution is 7.15. The molecule has 0 N–H and O–H groups in total. The average Bonchev–Trinajstić information content (AvgIpc) is 3.18. The Hall–Kier alpha value is -1.79. The SMILES string of the molecule is Cc1cncc([C@@H]2CCCN2Cc2c(C)nc3sccn23)n1. The van der Waals surface area contributed by atoms with Gasteiger partial charge in [-0.05, 0) is 33.2 Å². The summed E-state index contributed by atoms with van der Waals surface area (Å²) in [4.78, 5) is 17.2. The van der Waals surface area contributed by atoms with E-state index in [2.05, 4.69) is 42.8 Å². The maximum atomic E-state index is 4.68. The van der Waals surface area contributed by atoms with Gasteiger partial charge in [-0.2, -0.15) is 0 Å². The van der Waals surface area contributed by atoms with E-state index in [0.717, 1.165) is 41.6 Å². The van der Waals surface area contributed by atoms with Gasteiger partial charge in [0.05, 0.1) is 28.8 Å². The highest BCUT2D eigenvalue weighted by atomic mass is 32.1. The van der Waals surface area contributed by atoms with Gasteiger partial charge >= 0.3 is 0 Å². The van der Waals surface area contributed by atoms with Crippen LogP contribution in [-0.2, 0) is 6.54 Å². The molecule has 22 heavy (non-hydrogen) atoms. The smallest absolute Gasteiger partial charge is 0.194 e. The van der Waals surface area contributed by atoms with Crippen LogP contribution in [0.4, 0.5) is 0 Å². The summed E-state index contributed by atoms with van der Waals surface area (Å²) in [6.45, 7) is 6.14. The molecule has 0 spiro atoms. The van der Waals surface area contributed by atoms with Crippen molar-refractivity contribution in [2.45, 2.75) is 39.3 Å². The fourth-order valence-electron chi connectivity index (χ4n) is 3.32. The molecule has 5 nitrogen and oxygen atoms in total. The van der Waals surface area contributed by atoms with Crippen molar-refractivity contribution in [2.75, 3.05) is 6.54 Å². The highest BCUT2D eigenvalue weighted by Gasteiger charge is 2.28. The lowest BCUT2D eigenvalue weighted by atomic mass is 10.1. The Bertz CT molecular complexity index is 806. The van der Waals surface area contributed by atoms with Crippen LogP contribution < -0.4 is 0 Å². The minimum atomic E-state index is 0.371. The van der Waals surface area contributed by atoms with Crippen LogP contribution in [0, 0.1) is 13.8 Å². The van der Waals surface area contributed by atoms with Gasteiger partial charge in [0.1, 0.15) is 0 Å². The van der Waals surface area contributed by atoms with Gasteiger partial charge in [-0.15, -0.1) is 11.3 Å². The molecule has 0 radical (unpaired) electrons. The molecule has 1 saturated heterocycles. The Morgan fingerprint density at radius 1 is 1.27 bits per heavy atom. The zero-order valence-electron chi connectivity index (χ0n) is 12.9. The third-order valence-electron chi connectivity index (χ3n) is 4.39. The van der Waals surface area contributed by atoms with Crippen molar-refractivity contribution in [1.29, 1.82) is 0 Å². The van der Waals surface area contributed by atoms with Crippen LogP contribution in [0.3, 0.4) is 0 Å². The number of aromatic nitrogens is 4. The number of nitrogens with zero attached hydrogens (tertiary/aromatic N) is 5. The predicted molar refractivity (Wildman–Crippen MR) is 87.0 cm³/mol. The molecular formula is C16H19N5S. The number of likely N-dealkylation sites (tertiary alicyclic amines) is 1. The van der Waals surface area contributed by atoms with Crippen molar-refractivity contribution >= 4 is 16.3 Å². The molecule has 0 aliphatic carbocycles. The molecule has 1 fully saturated rings. The molecule has 4 heterocycles. The Labute approximate surface area is 133 Å². The predicted octanol–water partition coefficient (Wildman–Crippen LogP) is 3.14. The fourth-order valence-corrected chi connectivity index (χ4v) is 4.10. The number of thiazole rings is 1. The topological polar surface area (TPSA) is 46.3 Å². The van der Waals surface area contributed by atoms with Gasteiger partial charge in [0, 0.05) is 30.5 Å². The van der Waals surface area contributed by atoms with Gasteiger partial charge in [-0.25, -0.2) is 4.98 Å². The third kappa shape index (κ3) is 2.32. The molecule has 3 aromatic heterocycles. The largest absolute Gasteiger partial charge is 0.293 e. The first-order valence-corrected chi connectivity index (χ1v) is 8.54. The van der Waals surface area contributed by atoms with E-state index in [4.69, 9.17) is 0 Å². The Kier molecular flexibility index (Phi) is 3.43. The van der Waals surface area contributed by atoms with Crippen molar-refractivity contribution in [1.82, 2.24) is 24.3 Å². The second kappa shape index (κ2) is 5.44.